The van der Waals surface area contributed by atoms with Crippen molar-refractivity contribution in [3.8, 4) is 0 Å². The number of aryl methyl sites for hydroxylation is 1. The van der Waals surface area contributed by atoms with Crippen molar-refractivity contribution in [2.45, 2.75) is 12.7 Å². The van der Waals surface area contributed by atoms with Gasteiger partial charge in [0.15, 0.2) is 0 Å². The van der Waals surface area contributed by atoms with Crippen molar-refractivity contribution in [3.63, 3.8) is 0 Å². The average Bonchev–Trinajstić information content (AvgIpc) is 2.58. The molecule has 5 heteroatoms. The number of nitrogens with zero attached hydrogens (tertiary/aromatic N) is 2. The molecular weight excluding hydrogens is 155 g/mol. The smallest absolute Gasteiger partial charge is 0.309 e. The lowest BCUT2D eigenvalue weighted by atomic mass is 9.78. The number of hydrogen-bond donors (Lipinski definition) is 0. The van der Waals surface area contributed by atoms with Crippen LogP contribution in [0, 0.1) is 6.92 Å². The van der Waals surface area contributed by atoms with Crippen molar-refractivity contribution >= 4 is 7.48 Å². The zero-order chi connectivity index (χ0) is 8.39. The van der Waals surface area contributed by atoms with Crippen LogP contribution in [-0.2, 0) is 9.69 Å². The molecule has 2 rings (SSSR count). The van der Waals surface area contributed by atoms with Gasteiger partial charge in [0.2, 0.25) is 0 Å². The van der Waals surface area contributed by atoms with E-state index in [-0.39, 0.29) is 0 Å². The van der Waals surface area contributed by atoms with E-state index in [9.17, 15) is 0 Å². The summed E-state index contributed by atoms with van der Waals surface area (Å²) < 4.78 is 0. The minimum Gasteiger partial charge on any atom is -0.309 e. The summed E-state index contributed by atoms with van der Waals surface area (Å²) in [7, 11) is 0.604. The Morgan fingerprint density at radius 2 is 2.25 bits per heavy atom. The Bertz CT molecular complexity index is 259. The van der Waals surface area contributed by atoms with Crippen LogP contribution in [0.3, 0.4) is 0 Å². The molecule has 1 aromatic heterocycles. The van der Waals surface area contributed by atoms with Gasteiger partial charge in [0, 0.05) is 18.2 Å². The highest BCUT2D eigenvalue weighted by molar-refractivity contribution is 6.30. The molecule has 0 aromatic carbocycles. The Morgan fingerprint density at radius 3 is 2.83 bits per heavy atom. The molecule has 1 unspecified atom stereocenters. The highest BCUT2D eigenvalue weighted by Gasteiger charge is 2.22. The summed E-state index contributed by atoms with van der Waals surface area (Å²) >= 11 is 0. The van der Waals surface area contributed by atoms with Crippen molar-refractivity contribution in [1.29, 1.82) is 0 Å². The zero-order valence-electron chi connectivity index (χ0n) is 6.86. The Balaban J connectivity index is 2.17. The molecule has 2 heterocycles. The van der Waals surface area contributed by atoms with E-state index in [0.717, 1.165) is 11.4 Å². The van der Waals surface area contributed by atoms with E-state index < -0.39 is 0 Å². The van der Waals surface area contributed by atoms with E-state index >= 15 is 0 Å². The summed E-state index contributed by atoms with van der Waals surface area (Å²) in [6, 6.07) is 0. The Labute approximate surface area is 71.1 Å². The number of rotatable bonds is 1. The molecule has 0 aliphatic carbocycles. The lowest BCUT2D eigenvalue weighted by Gasteiger charge is -2.02. The molecule has 1 aliphatic heterocycles. The first kappa shape index (κ1) is 7.70. The second-order valence-corrected chi connectivity index (χ2v) is 2.83. The highest BCUT2D eigenvalue weighted by Crippen LogP contribution is 2.17. The summed E-state index contributed by atoms with van der Waals surface area (Å²) in [5.74, 6) is 1.09. The van der Waals surface area contributed by atoms with Gasteiger partial charge in [0.1, 0.15) is 5.82 Å². The molecule has 0 amide bonds. The van der Waals surface area contributed by atoms with Gasteiger partial charge in [-0.05, 0) is 12.5 Å². The fourth-order valence-corrected chi connectivity index (χ4v) is 1.11. The highest BCUT2D eigenvalue weighted by atomic mass is 17.2. The van der Waals surface area contributed by atoms with E-state index in [0.29, 0.717) is 19.9 Å². The maximum absolute atomic E-state index is 4.79. The molecule has 1 aromatic rings. The fourth-order valence-electron chi connectivity index (χ4n) is 1.11. The van der Waals surface area contributed by atoms with Crippen LogP contribution in [0.25, 0.3) is 0 Å². The first-order valence-electron chi connectivity index (χ1n) is 3.89. The normalized spacial score (nSPS) is 22.2. The van der Waals surface area contributed by atoms with Crippen molar-refractivity contribution in [2.24, 2.45) is 0 Å². The lowest BCUT2D eigenvalue weighted by molar-refractivity contribution is -0.183. The number of hydrogen-bond acceptors (Lipinski definition) is 4. The van der Waals surface area contributed by atoms with E-state index in [4.69, 9.17) is 9.69 Å². The molecule has 0 radical (unpaired) electrons. The molecule has 1 aliphatic rings. The Hall–Kier alpha value is -0.935. The summed E-state index contributed by atoms with van der Waals surface area (Å²) in [4.78, 5) is 17.8. The monoisotopic (exact) mass is 164 g/mol. The molecular formula is C7H9BN2O2. The molecule has 0 saturated carbocycles. The van der Waals surface area contributed by atoms with Gasteiger partial charge in [-0.15, -0.1) is 0 Å². The summed E-state index contributed by atoms with van der Waals surface area (Å²) in [5.41, 5.74) is 1.08. The van der Waals surface area contributed by atoms with E-state index in [1.165, 1.54) is 0 Å². The van der Waals surface area contributed by atoms with Crippen LogP contribution in [0.5, 0.6) is 0 Å². The van der Waals surface area contributed by atoms with Gasteiger partial charge >= 0.3 is 7.48 Å². The van der Waals surface area contributed by atoms with Crippen molar-refractivity contribution < 1.29 is 9.69 Å². The summed E-state index contributed by atoms with van der Waals surface area (Å²) in [6.45, 7) is 2.47. The average molecular weight is 164 g/mol. The van der Waals surface area contributed by atoms with Crippen LogP contribution in [0.4, 0.5) is 0 Å². The van der Waals surface area contributed by atoms with Gasteiger partial charge in [0.05, 0.1) is 6.61 Å². The molecule has 12 heavy (non-hydrogen) atoms. The first-order valence-corrected chi connectivity index (χ1v) is 3.89. The van der Waals surface area contributed by atoms with E-state index in [1.54, 1.807) is 0 Å². The maximum Gasteiger partial charge on any atom is 0.333 e. The third-order valence-corrected chi connectivity index (χ3v) is 1.89. The van der Waals surface area contributed by atoms with Crippen LogP contribution in [-0.4, -0.2) is 24.1 Å². The van der Waals surface area contributed by atoms with Crippen molar-refractivity contribution in [2.75, 3.05) is 6.61 Å². The van der Waals surface area contributed by atoms with Crippen molar-refractivity contribution in [1.82, 2.24) is 9.97 Å². The number of aromatic nitrogens is 2. The predicted octanol–water partition coefficient (Wildman–Crippen LogP) is 0.139. The van der Waals surface area contributed by atoms with Crippen LogP contribution >= 0.6 is 0 Å². The van der Waals surface area contributed by atoms with Gasteiger partial charge in [-0.3, -0.25) is 4.89 Å². The molecule has 1 fully saturated rings. The van der Waals surface area contributed by atoms with Crippen LogP contribution < -0.4 is 0 Å². The first-order chi connectivity index (χ1) is 5.86. The van der Waals surface area contributed by atoms with Gasteiger partial charge in [-0.2, -0.15) is 0 Å². The van der Waals surface area contributed by atoms with Gasteiger partial charge < -0.3 is 4.81 Å². The summed E-state index contributed by atoms with van der Waals surface area (Å²) in [6.07, 6.45) is 3.65. The van der Waals surface area contributed by atoms with Gasteiger partial charge in [0.25, 0.3) is 0 Å². The molecule has 0 spiro atoms. The summed E-state index contributed by atoms with van der Waals surface area (Å²) in [5, 5.41) is 0. The Morgan fingerprint density at radius 1 is 1.50 bits per heavy atom. The minimum absolute atomic E-state index is 0.297. The minimum atomic E-state index is 0.297. The van der Waals surface area contributed by atoms with Crippen LogP contribution in [0.1, 0.15) is 17.2 Å². The van der Waals surface area contributed by atoms with Crippen LogP contribution in [0.2, 0.25) is 0 Å². The molecule has 62 valence electrons. The quantitative estimate of drug-likeness (QED) is 0.437. The standard InChI is InChI=1S/C7H9BN2O2/c1-5-9-2-6(3-10-5)7-4-11-12-8-7/h2-3,7-8H,4H2,1H3. The SMILES string of the molecule is Cc1ncc(C2BOOC2)cn1. The Kier molecular flexibility index (Phi) is 2.06. The topological polar surface area (TPSA) is 44.2 Å². The molecule has 1 atom stereocenters. The zero-order valence-corrected chi connectivity index (χ0v) is 6.86. The third kappa shape index (κ3) is 1.46. The second-order valence-electron chi connectivity index (χ2n) is 2.83. The maximum atomic E-state index is 4.79. The largest absolute Gasteiger partial charge is 0.333 e. The van der Waals surface area contributed by atoms with Crippen LogP contribution in [0.15, 0.2) is 12.4 Å². The van der Waals surface area contributed by atoms with Gasteiger partial charge in [-0.25, -0.2) is 9.97 Å². The molecule has 0 N–H and O–H groups in total. The molecule has 1 saturated heterocycles. The molecule has 4 nitrogen and oxygen atoms in total. The lowest BCUT2D eigenvalue weighted by Crippen LogP contribution is -2.05. The van der Waals surface area contributed by atoms with E-state index in [1.807, 2.05) is 19.3 Å². The predicted molar refractivity (Wildman–Crippen MR) is 43.7 cm³/mol. The second kappa shape index (κ2) is 3.20. The fraction of sp³-hybridized carbons (Fsp3) is 0.429. The third-order valence-electron chi connectivity index (χ3n) is 1.89. The van der Waals surface area contributed by atoms with Crippen molar-refractivity contribution in [3.05, 3.63) is 23.8 Å². The van der Waals surface area contributed by atoms with Gasteiger partial charge in [-0.1, -0.05) is 0 Å². The molecule has 0 bridgehead atoms. The van der Waals surface area contributed by atoms with E-state index in [2.05, 4.69) is 9.97 Å².